The quantitative estimate of drug-likeness (QED) is 0.296. The molecule has 114 valence electrons. The molecule has 0 fully saturated rings. The lowest BCUT2D eigenvalue weighted by molar-refractivity contribution is -0.143. The van der Waals surface area contributed by atoms with Gasteiger partial charge in [0.25, 0.3) is 0 Å². The summed E-state index contributed by atoms with van der Waals surface area (Å²) in [5.74, 6) is 0. The first-order valence-corrected chi connectivity index (χ1v) is 6.35. The molecular formula is C9H2F9IS. The van der Waals surface area contributed by atoms with Crippen molar-refractivity contribution in [1.29, 1.82) is 0 Å². The van der Waals surface area contributed by atoms with E-state index in [2.05, 4.69) is 0 Å². The van der Waals surface area contributed by atoms with Crippen LogP contribution in [0.3, 0.4) is 0 Å². The highest BCUT2D eigenvalue weighted by Crippen LogP contribution is 2.47. The highest BCUT2D eigenvalue weighted by molar-refractivity contribution is 14.1. The van der Waals surface area contributed by atoms with E-state index in [-0.39, 0.29) is 12.1 Å². The molecule has 0 saturated heterocycles. The van der Waals surface area contributed by atoms with Gasteiger partial charge in [-0.1, -0.05) is 0 Å². The van der Waals surface area contributed by atoms with E-state index in [4.69, 9.17) is 0 Å². The summed E-state index contributed by atoms with van der Waals surface area (Å²) in [5.41, 5.74) is -8.43. The minimum absolute atomic E-state index is 0.150. The molecule has 0 radical (unpaired) electrons. The van der Waals surface area contributed by atoms with Crippen molar-refractivity contribution >= 4 is 34.4 Å². The Morgan fingerprint density at radius 1 is 0.800 bits per heavy atom. The van der Waals surface area contributed by atoms with Gasteiger partial charge in [0.1, 0.15) is 0 Å². The Balaban J connectivity index is 3.53. The summed E-state index contributed by atoms with van der Waals surface area (Å²) < 4.78 is 111. The summed E-state index contributed by atoms with van der Waals surface area (Å²) in [7, 11) is 0. The van der Waals surface area contributed by atoms with Gasteiger partial charge in [0.15, 0.2) is 0 Å². The van der Waals surface area contributed by atoms with Crippen LogP contribution in [0.4, 0.5) is 39.5 Å². The number of hydrogen-bond acceptors (Lipinski definition) is 1. The molecule has 0 nitrogen and oxygen atoms in total. The van der Waals surface area contributed by atoms with Crippen LogP contribution in [0.1, 0.15) is 11.1 Å². The van der Waals surface area contributed by atoms with Crippen LogP contribution in [-0.4, -0.2) is 5.51 Å². The van der Waals surface area contributed by atoms with Gasteiger partial charge in [0.2, 0.25) is 0 Å². The van der Waals surface area contributed by atoms with Crippen LogP contribution in [0.25, 0.3) is 0 Å². The Morgan fingerprint density at radius 3 is 1.65 bits per heavy atom. The maximum absolute atomic E-state index is 12.6. The number of alkyl halides is 9. The van der Waals surface area contributed by atoms with Crippen molar-refractivity contribution in [3.05, 3.63) is 26.8 Å². The summed E-state index contributed by atoms with van der Waals surface area (Å²) in [4.78, 5) is -1.52. The molecule has 0 amide bonds. The molecule has 11 heteroatoms. The van der Waals surface area contributed by atoms with E-state index < -0.39 is 49.2 Å². The Hall–Kier alpha value is -0.330. The van der Waals surface area contributed by atoms with Gasteiger partial charge in [-0.3, -0.25) is 0 Å². The molecule has 1 aromatic rings. The van der Waals surface area contributed by atoms with Crippen LogP contribution in [0.2, 0.25) is 0 Å². The average molecular weight is 440 g/mol. The Bertz CT molecular complexity index is 500. The fraction of sp³-hybridized carbons (Fsp3) is 0.333. The van der Waals surface area contributed by atoms with Crippen molar-refractivity contribution in [3.63, 3.8) is 0 Å². The normalized spacial score (nSPS) is 13.7. The summed E-state index contributed by atoms with van der Waals surface area (Å²) in [5, 5.41) is 0. The van der Waals surface area contributed by atoms with Gasteiger partial charge >= 0.3 is 17.9 Å². The summed E-state index contributed by atoms with van der Waals surface area (Å²) in [6, 6.07) is 0.00690. The van der Waals surface area contributed by atoms with Crippen LogP contribution in [0.5, 0.6) is 0 Å². The molecule has 0 aliphatic heterocycles. The lowest BCUT2D eigenvalue weighted by atomic mass is 10.1. The Labute approximate surface area is 123 Å². The van der Waals surface area contributed by atoms with E-state index in [0.29, 0.717) is 0 Å². The molecule has 0 saturated carbocycles. The molecule has 20 heavy (non-hydrogen) atoms. The van der Waals surface area contributed by atoms with Gasteiger partial charge in [-0.2, -0.15) is 39.5 Å². The predicted octanol–water partition coefficient (Wildman–Crippen LogP) is 5.94. The zero-order valence-corrected chi connectivity index (χ0v) is 11.8. The highest BCUT2D eigenvalue weighted by Gasteiger charge is 2.42. The van der Waals surface area contributed by atoms with Crippen molar-refractivity contribution < 1.29 is 39.5 Å². The zero-order chi connectivity index (χ0) is 15.9. The topological polar surface area (TPSA) is 0 Å². The molecule has 0 spiro atoms. The molecule has 0 bridgehead atoms. The van der Waals surface area contributed by atoms with Gasteiger partial charge in [-0.05, 0) is 46.5 Å². The standard InChI is InChI=1S/C9H2F9IS/c10-7(11,12)3-1-4(19)6(8(13,14)15)5(2-3)20-9(16,17)18/h1-2H. The average Bonchev–Trinajstić information content (AvgIpc) is 2.09. The predicted molar refractivity (Wildman–Crippen MR) is 61.1 cm³/mol. The maximum atomic E-state index is 12.6. The summed E-state index contributed by atoms with van der Waals surface area (Å²) in [6.45, 7) is 0. The second-order valence-electron chi connectivity index (χ2n) is 3.37. The van der Waals surface area contributed by atoms with E-state index in [0.717, 1.165) is 22.6 Å². The van der Waals surface area contributed by atoms with E-state index >= 15 is 0 Å². The van der Waals surface area contributed by atoms with Crippen LogP contribution < -0.4 is 0 Å². The lowest BCUT2D eigenvalue weighted by Crippen LogP contribution is -2.15. The first-order chi connectivity index (χ1) is 8.72. The monoisotopic (exact) mass is 440 g/mol. The van der Waals surface area contributed by atoms with Crippen molar-refractivity contribution in [1.82, 2.24) is 0 Å². The van der Waals surface area contributed by atoms with E-state index in [1.54, 1.807) is 0 Å². The molecule has 1 aromatic carbocycles. The van der Waals surface area contributed by atoms with Gasteiger partial charge < -0.3 is 0 Å². The second-order valence-corrected chi connectivity index (χ2v) is 5.64. The van der Waals surface area contributed by atoms with Crippen molar-refractivity contribution in [2.75, 3.05) is 0 Å². The molecule has 0 heterocycles. The summed E-state index contributed by atoms with van der Waals surface area (Å²) in [6.07, 6.45) is -10.2. The number of thioether (sulfide) groups is 1. The molecular weight excluding hydrogens is 438 g/mol. The minimum atomic E-state index is -5.19. The van der Waals surface area contributed by atoms with E-state index in [1.807, 2.05) is 0 Å². The van der Waals surface area contributed by atoms with Crippen LogP contribution >= 0.6 is 34.4 Å². The lowest BCUT2D eigenvalue weighted by Gasteiger charge is -2.18. The SMILES string of the molecule is FC(F)(F)Sc1cc(C(F)(F)F)cc(I)c1C(F)(F)F. The fourth-order valence-corrected chi connectivity index (χ4v) is 3.10. The third-order valence-corrected chi connectivity index (χ3v) is 3.51. The van der Waals surface area contributed by atoms with E-state index in [1.165, 1.54) is 0 Å². The first kappa shape index (κ1) is 17.7. The van der Waals surface area contributed by atoms with Gasteiger partial charge in [-0.25, -0.2) is 0 Å². The number of rotatable bonds is 1. The van der Waals surface area contributed by atoms with E-state index in [9.17, 15) is 39.5 Å². The molecule has 0 N–H and O–H groups in total. The number of hydrogen-bond donors (Lipinski definition) is 0. The van der Waals surface area contributed by atoms with Crippen molar-refractivity contribution in [3.8, 4) is 0 Å². The molecule has 1 rings (SSSR count). The highest BCUT2D eigenvalue weighted by atomic mass is 127. The molecule has 0 aromatic heterocycles. The number of halogens is 10. The van der Waals surface area contributed by atoms with Gasteiger partial charge in [0, 0.05) is 8.47 Å². The number of benzene rings is 1. The van der Waals surface area contributed by atoms with Crippen LogP contribution in [0.15, 0.2) is 17.0 Å². The van der Waals surface area contributed by atoms with Gasteiger partial charge in [-0.15, -0.1) is 0 Å². The van der Waals surface area contributed by atoms with Crippen LogP contribution in [-0.2, 0) is 12.4 Å². The zero-order valence-electron chi connectivity index (χ0n) is 8.84. The third kappa shape index (κ3) is 4.60. The second kappa shape index (κ2) is 5.46. The third-order valence-electron chi connectivity index (χ3n) is 1.89. The molecule has 0 atom stereocenters. The smallest absolute Gasteiger partial charge is 0.166 e. The van der Waals surface area contributed by atoms with Gasteiger partial charge in [0.05, 0.1) is 11.1 Å². The molecule has 0 unspecified atom stereocenters. The fourth-order valence-electron chi connectivity index (χ4n) is 1.23. The minimum Gasteiger partial charge on any atom is -0.166 e. The molecule has 0 aliphatic carbocycles. The van der Waals surface area contributed by atoms with Crippen LogP contribution in [0, 0.1) is 3.57 Å². The molecule has 0 aliphatic rings. The Morgan fingerprint density at radius 2 is 1.30 bits per heavy atom. The Kier molecular flexibility index (Phi) is 4.84. The largest absolute Gasteiger partial charge is 0.446 e. The van der Waals surface area contributed by atoms with Crippen molar-refractivity contribution in [2.24, 2.45) is 0 Å². The first-order valence-electron chi connectivity index (χ1n) is 4.45. The van der Waals surface area contributed by atoms with Crippen molar-refractivity contribution in [2.45, 2.75) is 22.8 Å². The maximum Gasteiger partial charge on any atom is 0.446 e. The summed E-state index contributed by atoms with van der Waals surface area (Å²) >= 11 is -0.298.